The van der Waals surface area contributed by atoms with Crippen molar-refractivity contribution in [3.05, 3.63) is 58.8 Å². The Morgan fingerprint density at radius 2 is 2.19 bits per heavy atom. The Kier molecular flexibility index (Phi) is 4.01. The third kappa shape index (κ3) is 3.21. The van der Waals surface area contributed by atoms with E-state index in [9.17, 15) is 13.2 Å². The van der Waals surface area contributed by atoms with E-state index in [1.54, 1.807) is 0 Å². The smallest absolute Gasteiger partial charge is 0.339 e. The predicted molar refractivity (Wildman–Crippen MR) is 84.3 cm³/mol. The van der Waals surface area contributed by atoms with Crippen molar-refractivity contribution in [2.24, 2.45) is 7.05 Å². The van der Waals surface area contributed by atoms with Crippen LogP contribution in [0.5, 0.6) is 0 Å². The zero-order valence-electron chi connectivity index (χ0n) is 14.0. The highest BCUT2D eigenvalue weighted by molar-refractivity contribution is 5.24. The summed E-state index contributed by atoms with van der Waals surface area (Å²) in [7, 11) is 1.90. The molecule has 0 N–H and O–H groups in total. The molecule has 0 amide bonds. The van der Waals surface area contributed by atoms with Crippen LogP contribution in [0.4, 0.5) is 13.2 Å². The van der Waals surface area contributed by atoms with Gasteiger partial charge in [0.1, 0.15) is 0 Å². The first-order chi connectivity index (χ1) is 12.4. The van der Waals surface area contributed by atoms with Crippen LogP contribution in [-0.2, 0) is 32.5 Å². The number of fused-ring (bicyclic) bond motifs is 1. The second-order valence-corrected chi connectivity index (χ2v) is 6.44. The molecule has 0 aromatic carbocycles. The fraction of sp³-hybridized carbons (Fsp3) is 0.412. The van der Waals surface area contributed by atoms with Gasteiger partial charge in [0.25, 0.3) is 0 Å². The number of aromatic nitrogens is 5. The Labute approximate surface area is 147 Å². The highest BCUT2D eigenvalue weighted by Crippen LogP contribution is 2.32. The first-order valence-corrected chi connectivity index (χ1v) is 8.24. The Morgan fingerprint density at radius 3 is 3.00 bits per heavy atom. The van der Waals surface area contributed by atoms with Crippen LogP contribution in [0.15, 0.2) is 29.0 Å². The van der Waals surface area contributed by atoms with Gasteiger partial charge in [0, 0.05) is 37.0 Å². The van der Waals surface area contributed by atoms with Crippen LogP contribution in [0.3, 0.4) is 0 Å². The number of alkyl halides is 3. The van der Waals surface area contributed by atoms with Crippen LogP contribution < -0.4 is 0 Å². The molecule has 1 unspecified atom stereocenters. The first kappa shape index (κ1) is 16.7. The van der Waals surface area contributed by atoms with Gasteiger partial charge in [-0.1, -0.05) is 5.16 Å². The minimum atomic E-state index is -4.40. The summed E-state index contributed by atoms with van der Waals surface area (Å²) in [6, 6.07) is 1.96. The number of hydrogen-bond acceptors (Lipinski definition) is 5. The SMILES string of the molecule is Cn1ncc2c1CC(c1nc(Cc3cc(C(F)(F)F)ccn3)no1)CC2. The average Bonchev–Trinajstić information content (AvgIpc) is 3.21. The van der Waals surface area contributed by atoms with Crippen molar-refractivity contribution in [1.82, 2.24) is 24.9 Å². The zero-order chi connectivity index (χ0) is 18.3. The number of rotatable bonds is 3. The van der Waals surface area contributed by atoms with Gasteiger partial charge in [0.15, 0.2) is 5.82 Å². The van der Waals surface area contributed by atoms with E-state index in [0.717, 1.165) is 43.3 Å². The maximum Gasteiger partial charge on any atom is 0.416 e. The van der Waals surface area contributed by atoms with E-state index in [4.69, 9.17) is 4.52 Å². The molecule has 0 fully saturated rings. The summed E-state index contributed by atoms with van der Waals surface area (Å²) in [5.41, 5.74) is 1.91. The van der Waals surface area contributed by atoms with Gasteiger partial charge in [0.2, 0.25) is 5.89 Å². The number of pyridine rings is 1. The van der Waals surface area contributed by atoms with Gasteiger partial charge in [-0.2, -0.15) is 23.3 Å². The van der Waals surface area contributed by atoms with Gasteiger partial charge in [-0.25, -0.2) is 0 Å². The predicted octanol–water partition coefficient (Wildman–Crippen LogP) is 3.08. The van der Waals surface area contributed by atoms with Crippen LogP contribution in [-0.4, -0.2) is 24.9 Å². The molecule has 0 aliphatic heterocycles. The number of halogens is 3. The van der Waals surface area contributed by atoms with Crippen molar-refractivity contribution in [3.63, 3.8) is 0 Å². The van der Waals surface area contributed by atoms with Gasteiger partial charge in [-0.05, 0) is 30.5 Å². The largest absolute Gasteiger partial charge is 0.416 e. The van der Waals surface area contributed by atoms with Crippen molar-refractivity contribution in [1.29, 1.82) is 0 Å². The van der Waals surface area contributed by atoms with Gasteiger partial charge in [-0.15, -0.1) is 0 Å². The summed E-state index contributed by atoms with van der Waals surface area (Å²) >= 11 is 0. The Morgan fingerprint density at radius 1 is 1.35 bits per heavy atom. The molecule has 136 valence electrons. The average molecular weight is 363 g/mol. The molecule has 0 saturated heterocycles. The molecule has 0 radical (unpaired) electrons. The van der Waals surface area contributed by atoms with Gasteiger partial charge < -0.3 is 4.52 Å². The maximum absolute atomic E-state index is 12.8. The number of aryl methyl sites for hydroxylation is 2. The first-order valence-electron chi connectivity index (χ1n) is 8.24. The lowest BCUT2D eigenvalue weighted by Crippen LogP contribution is -2.15. The summed E-state index contributed by atoms with van der Waals surface area (Å²) < 4.78 is 45.6. The van der Waals surface area contributed by atoms with E-state index >= 15 is 0 Å². The molecule has 3 heterocycles. The van der Waals surface area contributed by atoms with Gasteiger partial charge >= 0.3 is 6.18 Å². The molecule has 0 saturated carbocycles. The standard InChI is InChI=1S/C17H16F3N5O/c1-25-14-6-10(2-3-11(14)9-22-25)16-23-15(24-26-16)8-13-7-12(4-5-21-13)17(18,19)20/h4-5,7,9-10H,2-3,6,8H2,1H3. The van der Waals surface area contributed by atoms with Crippen molar-refractivity contribution in [2.45, 2.75) is 37.8 Å². The monoisotopic (exact) mass is 363 g/mol. The molecule has 1 aliphatic carbocycles. The fourth-order valence-electron chi connectivity index (χ4n) is 3.27. The number of nitrogens with zero attached hydrogens (tertiary/aromatic N) is 5. The third-order valence-electron chi connectivity index (χ3n) is 4.67. The van der Waals surface area contributed by atoms with Crippen LogP contribution in [0.2, 0.25) is 0 Å². The summed E-state index contributed by atoms with van der Waals surface area (Å²) in [5.74, 6) is 0.940. The summed E-state index contributed by atoms with van der Waals surface area (Å²) in [5, 5.41) is 8.18. The second-order valence-electron chi connectivity index (χ2n) is 6.44. The lowest BCUT2D eigenvalue weighted by atomic mass is 9.88. The molecule has 6 nitrogen and oxygen atoms in total. The molecule has 3 aromatic rings. The minimum absolute atomic E-state index is 0.0913. The zero-order valence-corrected chi connectivity index (χ0v) is 14.0. The van der Waals surface area contributed by atoms with Crippen molar-refractivity contribution in [3.8, 4) is 0 Å². The van der Waals surface area contributed by atoms with Crippen LogP contribution in [0.1, 0.15) is 46.6 Å². The van der Waals surface area contributed by atoms with E-state index in [0.29, 0.717) is 11.7 Å². The van der Waals surface area contributed by atoms with Crippen molar-refractivity contribution >= 4 is 0 Å². The van der Waals surface area contributed by atoms with E-state index in [-0.39, 0.29) is 18.0 Å². The van der Waals surface area contributed by atoms with E-state index in [1.807, 2.05) is 17.9 Å². The molecular weight excluding hydrogens is 347 g/mol. The molecule has 4 rings (SSSR count). The minimum Gasteiger partial charge on any atom is -0.339 e. The van der Waals surface area contributed by atoms with E-state index in [1.165, 1.54) is 5.56 Å². The molecule has 1 aliphatic rings. The Hall–Kier alpha value is -2.71. The van der Waals surface area contributed by atoms with Crippen LogP contribution in [0.25, 0.3) is 0 Å². The third-order valence-corrected chi connectivity index (χ3v) is 4.67. The fourth-order valence-corrected chi connectivity index (χ4v) is 3.27. The van der Waals surface area contributed by atoms with E-state index in [2.05, 4.69) is 20.2 Å². The molecule has 0 bridgehead atoms. The quantitative estimate of drug-likeness (QED) is 0.715. The molecule has 0 spiro atoms. The van der Waals surface area contributed by atoms with Crippen molar-refractivity contribution in [2.75, 3.05) is 0 Å². The Bertz CT molecular complexity index is 931. The lowest BCUT2D eigenvalue weighted by molar-refractivity contribution is -0.137. The highest BCUT2D eigenvalue weighted by Gasteiger charge is 2.31. The number of hydrogen-bond donors (Lipinski definition) is 0. The summed E-state index contributed by atoms with van der Waals surface area (Å²) in [6.07, 6.45) is 1.24. The summed E-state index contributed by atoms with van der Waals surface area (Å²) in [4.78, 5) is 8.35. The molecule has 9 heteroatoms. The van der Waals surface area contributed by atoms with Crippen LogP contribution >= 0.6 is 0 Å². The summed E-state index contributed by atoms with van der Waals surface area (Å²) in [6.45, 7) is 0. The molecular formula is C17H16F3N5O. The Balaban J connectivity index is 1.50. The van der Waals surface area contributed by atoms with Gasteiger partial charge in [-0.3, -0.25) is 9.67 Å². The molecule has 3 aromatic heterocycles. The maximum atomic E-state index is 12.8. The topological polar surface area (TPSA) is 69.6 Å². The molecule has 26 heavy (non-hydrogen) atoms. The van der Waals surface area contributed by atoms with E-state index < -0.39 is 11.7 Å². The second kappa shape index (κ2) is 6.22. The normalized spacial score (nSPS) is 17.3. The highest BCUT2D eigenvalue weighted by atomic mass is 19.4. The lowest BCUT2D eigenvalue weighted by Gasteiger charge is -2.19. The van der Waals surface area contributed by atoms with Crippen LogP contribution in [0, 0.1) is 0 Å². The van der Waals surface area contributed by atoms with Crippen molar-refractivity contribution < 1.29 is 17.7 Å². The molecule has 1 atom stereocenters. The van der Waals surface area contributed by atoms with Gasteiger partial charge in [0.05, 0.1) is 18.2 Å².